The number of nitrogens with zero attached hydrogens (tertiary/aromatic N) is 5. The smallest absolute Gasteiger partial charge is 0.355 e. The van der Waals surface area contributed by atoms with E-state index in [4.69, 9.17) is 16.6 Å². The van der Waals surface area contributed by atoms with E-state index in [0.29, 0.717) is 33.4 Å². The van der Waals surface area contributed by atoms with Gasteiger partial charge in [-0.25, -0.2) is 19.7 Å². The van der Waals surface area contributed by atoms with Gasteiger partial charge in [0.1, 0.15) is 11.2 Å². The maximum Gasteiger partial charge on any atom is 0.439 e. The summed E-state index contributed by atoms with van der Waals surface area (Å²) in [5, 5.41) is 6.73. The standard InChI is InChI=1S/C23H24ClN7O3/c1-12-3-5-13(6-4-12)10-31-11-26-19-18(31)17(27-20(28-19)21-29-23(33)34-30-21)14-7-15(22(32)25-2)9-16(24)8-14/h7-9,11-13H,3-6,10H2,1-2H3,(H,25,32)(H,29,30,33). The van der Waals surface area contributed by atoms with Crippen LogP contribution < -0.4 is 11.1 Å². The molecule has 3 heterocycles. The van der Waals surface area contributed by atoms with Gasteiger partial charge in [-0.05, 0) is 42.9 Å². The minimum absolute atomic E-state index is 0.0949. The predicted molar refractivity (Wildman–Crippen MR) is 126 cm³/mol. The largest absolute Gasteiger partial charge is 0.439 e. The summed E-state index contributed by atoms with van der Waals surface area (Å²) in [5.74, 6) is 0.580. The summed E-state index contributed by atoms with van der Waals surface area (Å²) < 4.78 is 6.70. The Labute approximate surface area is 199 Å². The molecule has 1 amide bonds. The van der Waals surface area contributed by atoms with Gasteiger partial charge < -0.3 is 9.88 Å². The number of fused-ring (bicyclic) bond motifs is 1. The van der Waals surface area contributed by atoms with Crippen LogP contribution in [0.4, 0.5) is 0 Å². The fourth-order valence-corrected chi connectivity index (χ4v) is 4.78. The van der Waals surface area contributed by atoms with E-state index in [0.717, 1.165) is 30.8 Å². The molecule has 0 bridgehead atoms. The summed E-state index contributed by atoms with van der Waals surface area (Å²) >= 11 is 6.37. The van der Waals surface area contributed by atoms with Gasteiger partial charge in [0.15, 0.2) is 5.65 Å². The monoisotopic (exact) mass is 481 g/mol. The molecule has 0 atom stereocenters. The van der Waals surface area contributed by atoms with Crippen molar-refractivity contribution >= 4 is 28.7 Å². The molecule has 4 aromatic rings. The van der Waals surface area contributed by atoms with Crippen LogP contribution in [0.1, 0.15) is 43.0 Å². The van der Waals surface area contributed by atoms with Gasteiger partial charge in [-0.15, -0.1) is 0 Å². The number of benzene rings is 1. The number of nitrogens with one attached hydrogen (secondary N) is 2. The molecule has 2 N–H and O–H groups in total. The van der Waals surface area contributed by atoms with E-state index in [1.54, 1.807) is 31.6 Å². The van der Waals surface area contributed by atoms with Gasteiger partial charge in [-0.3, -0.25) is 14.3 Å². The Morgan fingerprint density at radius 3 is 2.74 bits per heavy atom. The van der Waals surface area contributed by atoms with Crippen LogP contribution >= 0.6 is 11.6 Å². The van der Waals surface area contributed by atoms with Crippen LogP contribution in [0.15, 0.2) is 33.8 Å². The molecule has 1 fully saturated rings. The van der Waals surface area contributed by atoms with Gasteiger partial charge >= 0.3 is 5.76 Å². The van der Waals surface area contributed by atoms with Crippen LogP contribution in [0.5, 0.6) is 0 Å². The molecule has 0 unspecified atom stereocenters. The van der Waals surface area contributed by atoms with Gasteiger partial charge in [-0.1, -0.05) is 36.5 Å². The number of carbonyl (C=O) groups is 1. The first-order chi connectivity index (χ1) is 16.4. The molecule has 1 aliphatic carbocycles. The lowest BCUT2D eigenvalue weighted by Crippen LogP contribution is -2.18. The van der Waals surface area contributed by atoms with Crippen molar-refractivity contribution in [3.63, 3.8) is 0 Å². The second kappa shape index (κ2) is 9.02. The van der Waals surface area contributed by atoms with Gasteiger partial charge in [0, 0.05) is 29.7 Å². The molecule has 0 saturated heterocycles. The summed E-state index contributed by atoms with van der Waals surface area (Å²) in [4.78, 5) is 40.1. The van der Waals surface area contributed by atoms with E-state index in [1.165, 1.54) is 12.8 Å². The molecule has 0 aliphatic heterocycles. The Kier molecular flexibility index (Phi) is 5.91. The number of rotatable bonds is 5. The van der Waals surface area contributed by atoms with E-state index < -0.39 is 5.76 Å². The van der Waals surface area contributed by atoms with Crippen molar-refractivity contribution in [1.82, 2.24) is 35.0 Å². The first-order valence-electron chi connectivity index (χ1n) is 11.2. The molecule has 5 rings (SSSR count). The molecule has 0 spiro atoms. The average Bonchev–Trinajstić information content (AvgIpc) is 3.45. The lowest BCUT2D eigenvalue weighted by molar-refractivity contribution is 0.0963. The van der Waals surface area contributed by atoms with Crippen LogP contribution in [0, 0.1) is 11.8 Å². The third-order valence-corrected chi connectivity index (χ3v) is 6.59. The number of aromatic amines is 1. The summed E-state index contributed by atoms with van der Waals surface area (Å²) in [7, 11) is 1.56. The number of carbonyl (C=O) groups excluding carboxylic acids is 1. The maximum atomic E-state index is 12.3. The van der Waals surface area contributed by atoms with E-state index in [-0.39, 0.29) is 17.6 Å². The molecule has 34 heavy (non-hydrogen) atoms. The second-order valence-corrected chi connectivity index (χ2v) is 9.28. The number of H-pyrrole nitrogens is 1. The first kappa shape index (κ1) is 22.3. The van der Waals surface area contributed by atoms with E-state index in [1.807, 2.05) is 0 Å². The number of hydrogen-bond acceptors (Lipinski definition) is 7. The molecule has 10 nitrogen and oxygen atoms in total. The number of aromatic nitrogens is 6. The van der Waals surface area contributed by atoms with Crippen molar-refractivity contribution in [2.75, 3.05) is 7.05 Å². The fraction of sp³-hybridized carbons (Fsp3) is 0.391. The highest BCUT2D eigenvalue weighted by atomic mass is 35.5. The molecule has 1 aliphatic rings. The normalized spacial score (nSPS) is 18.3. The molecule has 0 radical (unpaired) electrons. The highest BCUT2D eigenvalue weighted by molar-refractivity contribution is 6.31. The quantitative estimate of drug-likeness (QED) is 0.444. The van der Waals surface area contributed by atoms with E-state index >= 15 is 0 Å². The lowest BCUT2D eigenvalue weighted by Gasteiger charge is -2.26. The van der Waals surface area contributed by atoms with Crippen molar-refractivity contribution in [3.8, 4) is 22.9 Å². The Hall–Kier alpha value is -3.53. The van der Waals surface area contributed by atoms with Crippen molar-refractivity contribution in [2.45, 2.75) is 39.2 Å². The highest BCUT2D eigenvalue weighted by Crippen LogP contribution is 2.33. The van der Waals surface area contributed by atoms with Crippen LogP contribution in [0.25, 0.3) is 34.1 Å². The minimum Gasteiger partial charge on any atom is -0.355 e. The van der Waals surface area contributed by atoms with E-state index in [2.05, 4.69) is 41.4 Å². The van der Waals surface area contributed by atoms with Crippen molar-refractivity contribution in [3.05, 3.63) is 45.7 Å². The number of imidazole rings is 1. The predicted octanol–water partition coefficient (Wildman–Crippen LogP) is 3.68. The Balaban J connectivity index is 1.67. The van der Waals surface area contributed by atoms with Gasteiger partial charge in [0.25, 0.3) is 5.91 Å². The molecular weight excluding hydrogens is 458 g/mol. The molecule has 176 valence electrons. The third kappa shape index (κ3) is 4.33. The topological polar surface area (TPSA) is 132 Å². The van der Waals surface area contributed by atoms with Gasteiger partial charge in [-0.2, -0.15) is 0 Å². The average molecular weight is 482 g/mol. The van der Waals surface area contributed by atoms with Gasteiger partial charge in [0.2, 0.25) is 11.6 Å². The Bertz CT molecular complexity index is 1420. The van der Waals surface area contributed by atoms with E-state index in [9.17, 15) is 9.59 Å². The van der Waals surface area contributed by atoms with Crippen LogP contribution in [-0.2, 0) is 6.54 Å². The summed E-state index contributed by atoms with van der Waals surface area (Å²) in [6.07, 6.45) is 6.52. The summed E-state index contributed by atoms with van der Waals surface area (Å²) in [6.45, 7) is 3.09. The first-order valence-corrected chi connectivity index (χ1v) is 11.6. The molecular formula is C23H24ClN7O3. The van der Waals surface area contributed by atoms with Crippen molar-refractivity contribution in [2.24, 2.45) is 11.8 Å². The summed E-state index contributed by atoms with van der Waals surface area (Å²) in [6, 6.07) is 5.06. The Morgan fingerprint density at radius 1 is 1.24 bits per heavy atom. The summed E-state index contributed by atoms with van der Waals surface area (Å²) in [5.41, 5.74) is 2.76. The van der Waals surface area contributed by atoms with Gasteiger partial charge in [0.05, 0.1) is 6.33 Å². The van der Waals surface area contributed by atoms with Crippen molar-refractivity contribution in [1.29, 1.82) is 0 Å². The second-order valence-electron chi connectivity index (χ2n) is 8.84. The van der Waals surface area contributed by atoms with Crippen molar-refractivity contribution < 1.29 is 9.32 Å². The zero-order chi connectivity index (χ0) is 23.8. The fourth-order valence-electron chi connectivity index (χ4n) is 4.54. The number of halogens is 1. The Morgan fingerprint density at radius 2 is 2.03 bits per heavy atom. The third-order valence-electron chi connectivity index (χ3n) is 6.38. The number of amides is 1. The van der Waals surface area contributed by atoms with Crippen LogP contribution in [0.2, 0.25) is 5.02 Å². The highest BCUT2D eigenvalue weighted by Gasteiger charge is 2.23. The zero-order valence-corrected chi connectivity index (χ0v) is 19.6. The number of hydrogen-bond donors (Lipinski definition) is 2. The molecule has 1 saturated carbocycles. The zero-order valence-electron chi connectivity index (χ0n) is 18.8. The van der Waals surface area contributed by atoms with Crippen LogP contribution in [-0.4, -0.2) is 42.6 Å². The molecule has 3 aromatic heterocycles. The van der Waals surface area contributed by atoms with Crippen LogP contribution in [0.3, 0.4) is 0 Å². The lowest BCUT2D eigenvalue weighted by atomic mass is 9.83. The SMILES string of the molecule is CNC(=O)c1cc(Cl)cc(-c2nc(-c3noc(=O)[nH]3)nc3ncn(CC4CCC(C)CC4)c23)c1. The minimum atomic E-state index is -0.707. The maximum absolute atomic E-state index is 12.3. The molecule has 1 aromatic carbocycles. The molecule has 11 heteroatoms.